The maximum absolute atomic E-state index is 2.29. The second-order valence-electron chi connectivity index (χ2n) is 6.18. The maximum atomic E-state index is 2.29. The third-order valence-electron chi connectivity index (χ3n) is 4.27. The molecule has 0 N–H and O–H groups in total. The Hall–Kier alpha value is -2.42. The molecule has 0 aliphatic heterocycles. The Bertz CT molecular complexity index is 910. The van der Waals surface area contributed by atoms with E-state index in [-0.39, 0.29) is 10.9 Å². The van der Waals surface area contributed by atoms with Crippen LogP contribution in [0.5, 0.6) is 0 Å². The first kappa shape index (κ1) is 18.0. The van der Waals surface area contributed by atoms with Crippen LogP contribution in [0.1, 0.15) is 5.56 Å². The van der Waals surface area contributed by atoms with E-state index in [2.05, 4.69) is 115 Å². The molecule has 0 amide bonds. The highest BCUT2D eigenvalue weighted by molar-refractivity contribution is 7.98. The van der Waals surface area contributed by atoms with E-state index in [1.807, 2.05) is 11.8 Å². The van der Waals surface area contributed by atoms with E-state index < -0.39 is 0 Å². The lowest BCUT2D eigenvalue weighted by Gasteiger charge is -2.08. The van der Waals surface area contributed by atoms with Crippen molar-refractivity contribution < 1.29 is 0 Å². The number of benzene rings is 4. The summed E-state index contributed by atoms with van der Waals surface area (Å²) in [5.41, 5.74) is 1.36. The van der Waals surface area contributed by atoms with Crippen LogP contribution in [-0.4, -0.2) is 0 Å². The molecule has 0 saturated carbocycles. The quantitative estimate of drug-likeness (QED) is 0.252. The first-order valence-electron chi connectivity index (χ1n) is 9.01. The Kier molecular flexibility index (Phi) is 5.98. The summed E-state index contributed by atoms with van der Waals surface area (Å²) >= 11 is 1.89. The Morgan fingerprint density at radius 3 is 1.44 bits per heavy atom. The highest BCUT2D eigenvalue weighted by Gasteiger charge is 2.27. The van der Waals surface area contributed by atoms with Gasteiger partial charge in [0.25, 0.3) is 0 Å². The van der Waals surface area contributed by atoms with E-state index >= 15 is 0 Å². The van der Waals surface area contributed by atoms with Crippen molar-refractivity contribution in [2.75, 3.05) is 0 Å². The molecule has 4 aromatic rings. The normalized spacial score (nSPS) is 10.9. The molecule has 2 heteroatoms. The van der Waals surface area contributed by atoms with E-state index in [4.69, 9.17) is 0 Å². The molecule has 0 unspecified atom stereocenters. The van der Waals surface area contributed by atoms with Crippen molar-refractivity contribution in [3.63, 3.8) is 0 Å². The average molecular weight is 386 g/mol. The van der Waals surface area contributed by atoms with Gasteiger partial charge in [0.05, 0.1) is 10.9 Å². The van der Waals surface area contributed by atoms with Crippen molar-refractivity contribution in [1.29, 1.82) is 0 Å². The van der Waals surface area contributed by atoms with Gasteiger partial charge in [0.15, 0.2) is 14.7 Å². The highest BCUT2D eigenvalue weighted by Crippen LogP contribution is 2.32. The van der Waals surface area contributed by atoms with Crippen molar-refractivity contribution in [3.05, 3.63) is 121 Å². The Morgan fingerprint density at radius 2 is 0.926 bits per heavy atom. The van der Waals surface area contributed by atoms with Crippen LogP contribution in [0.3, 0.4) is 0 Å². The van der Waals surface area contributed by atoms with E-state index in [0.29, 0.717) is 0 Å². The number of rotatable bonds is 6. The fourth-order valence-electron chi connectivity index (χ4n) is 2.93. The first-order valence-corrected chi connectivity index (χ1v) is 11.2. The Balaban J connectivity index is 1.58. The molecule has 0 fully saturated rings. The van der Waals surface area contributed by atoms with Crippen LogP contribution in [-0.2, 0) is 16.6 Å². The maximum Gasteiger partial charge on any atom is 0.166 e. The smallest absolute Gasteiger partial charge is 0.121 e. The SMILES string of the molecule is c1ccc(CSc2ccc([S+](c3ccccc3)c3ccccc3)cc2)cc1. The summed E-state index contributed by atoms with van der Waals surface area (Å²) < 4.78 is 0. The molecule has 0 radical (unpaired) electrons. The zero-order valence-corrected chi connectivity index (χ0v) is 16.6. The van der Waals surface area contributed by atoms with Crippen molar-refractivity contribution in [2.24, 2.45) is 0 Å². The molecule has 0 atom stereocenters. The summed E-state index contributed by atoms with van der Waals surface area (Å²) in [7, 11) is -0.0721. The second-order valence-corrected chi connectivity index (χ2v) is 9.25. The van der Waals surface area contributed by atoms with Crippen molar-refractivity contribution in [1.82, 2.24) is 0 Å². The van der Waals surface area contributed by atoms with Crippen LogP contribution >= 0.6 is 11.8 Å². The zero-order chi connectivity index (χ0) is 18.3. The van der Waals surface area contributed by atoms with Crippen LogP contribution in [0, 0.1) is 0 Å². The van der Waals surface area contributed by atoms with Crippen LogP contribution < -0.4 is 0 Å². The van der Waals surface area contributed by atoms with Crippen molar-refractivity contribution in [3.8, 4) is 0 Å². The third kappa shape index (κ3) is 4.65. The molecule has 0 heterocycles. The van der Waals surface area contributed by atoms with Gasteiger partial charge in [0.1, 0.15) is 0 Å². The first-order chi connectivity index (χ1) is 13.4. The minimum absolute atomic E-state index is 0.0721. The van der Waals surface area contributed by atoms with Gasteiger partial charge >= 0.3 is 0 Å². The van der Waals surface area contributed by atoms with Gasteiger partial charge in [-0.05, 0) is 54.1 Å². The molecule has 132 valence electrons. The molecule has 0 nitrogen and oxygen atoms in total. The molecule has 4 rings (SSSR count). The Morgan fingerprint density at radius 1 is 0.481 bits per heavy atom. The summed E-state index contributed by atoms with van der Waals surface area (Å²) in [6.07, 6.45) is 0. The predicted octanol–water partition coefficient (Wildman–Crippen LogP) is 7.07. The van der Waals surface area contributed by atoms with Gasteiger partial charge in [-0.15, -0.1) is 11.8 Å². The molecule has 0 aromatic heterocycles. The molecule has 0 saturated heterocycles. The monoisotopic (exact) mass is 385 g/mol. The fourth-order valence-corrected chi connectivity index (χ4v) is 5.87. The van der Waals surface area contributed by atoms with Gasteiger partial charge in [0, 0.05) is 10.6 Å². The van der Waals surface area contributed by atoms with Gasteiger partial charge < -0.3 is 0 Å². The third-order valence-corrected chi connectivity index (χ3v) is 7.58. The molecule has 0 aliphatic carbocycles. The van der Waals surface area contributed by atoms with Crippen molar-refractivity contribution in [2.45, 2.75) is 25.3 Å². The second kappa shape index (κ2) is 8.98. The average Bonchev–Trinajstić information content (AvgIpc) is 2.76. The topological polar surface area (TPSA) is 0 Å². The van der Waals surface area contributed by atoms with E-state index in [1.54, 1.807) is 0 Å². The summed E-state index contributed by atoms with van der Waals surface area (Å²) in [4.78, 5) is 5.38. The summed E-state index contributed by atoms with van der Waals surface area (Å²) in [5.74, 6) is 1.00. The highest BCUT2D eigenvalue weighted by atomic mass is 32.2. The van der Waals surface area contributed by atoms with E-state index in [1.165, 1.54) is 25.1 Å². The van der Waals surface area contributed by atoms with E-state index in [0.717, 1.165) is 5.75 Å². The standard InChI is InChI=1S/C25H21S2/c1-4-10-21(11-5-1)20-26-22-16-18-25(19-17-22)27(23-12-6-2-7-13-23)24-14-8-3-9-15-24/h1-19H,20H2/q+1. The van der Waals surface area contributed by atoms with Crippen molar-refractivity contribution >= 4 is 22.7 Å². The largest absolute Gasteiger partial charge is 0.166 e. The van der Waals surface area contributed by atoms with Crippen LogP contribution in [0.4, 0.5) is 0 Å². The molecule has 0 spiro atoms. The lowest BCUT2D eigenvalue weighted by Crippen LogP contribution is -2.04. The predicted molar refractivity (Wildman–Crippen MR) is 117 cm³/mol. The lowest BCUT2D eigenvalue weighted by molar-refractivity contribution is 1.28. The summed E-state index contributed by atoms with van der Waals surface area (Å²) in [6.45, 7) is 0. The molecular weight excluding hydrogens is 364 g/mol. The molecule has 0 aliphatic rings. The molecule has 4 aromatic carbocycles. The minimum atomic E-state index is -0.0721. The Labute approximate surface area is 168 Å². The summed E-state index contributed by atoms with van der Waals surface area (Å²) in [5, 5.41) is 0. The summed E-state index contributed by atoms with van der Waals surface area (Å²) in [6, 6.07) is 41.3. The fraction of sp³-hybridized carbons (Fsp3) is 0.0400. The van der Waals surface area contributed by atoms with Gasteiger partial charge in [-0.3, -0.25) is 0 Å². The number of hydrogen-bond donors (Lipinski definition) is 0. The molecule has 0 bridgehead atoms. The zero-order valence-electron chi connectivity index (χ0n) is 15.0. The van der Waals surface area contributed by atoms with Crippen LogP contribution in [0.25, 0.3) is 0 Å². The molecular formula is C25H21S2+. The van der Waals surface area contributed by atoms with Gasteiger partial charge in [0.2, 0.25) is 0 Å². The lowest BCUT2D eigenvalue weighted by atomic mass is 10.2. The van der Waals surface area contributed by atoms with E-state index in [9.17, 15) is 0 Å². The van der Waals surface area contributed by atoms with Crippen LogP contribution in [0.15, 0.2) is 135 Å². The number of hydrogen-bond acceptors (Lipinski definition) is 1. The van der Waals surface area contributed by atoms with Gasteiger partial charge in [-0.25, -0.2) is 0 Å². The number of thioether (sulfide) groups is 1. The molecule has 27 heavy (non-hydrogen) atoms. The van der Waals surface area contributed by atoms with Gasteiger partial charge in [-0.1, -0.05) is 66.7 Å². The minimum Gasteiger partial charge on any atom is -0.121 e. The van der Waals surface area contributed by atoms with Gasteiger partial charge in [-0.2, -0.15) is 0 Å². The van der Waals surface area contributed by atoms with Crippen LogP contribution in [0.2, 0.25) is 0 Å².